The van der Waals surface area contributed by atoms with E-state index in [1.165, 1.54) is 10.1 Å². The van der Waals surface area contributed by atoms with Crippen LogP contribution in [0.4, 0.5) is 0 Å². The van der Waals surface area contributed by atoms with Gasteiger partial charge < -0.3 is 0 Å². The van der Waals surface area contributed by atoms with Crippen molar-refractivity contribution in [2.45, 2.75) is 20.8 Å². The molecule has 3 rings (SSSR count). The van der Waals surface area contributed by atoms with E-state index in [0.29, 0.717) is 11.2 Å². The van der Waals surface area contributed by atoms with Crippen LogP contribution >= 0.6 is 0 Å². The molecule has 0 aliphatic rings. The minimum absolute atomic E-state index is 0.0404. The van der Waals surface area contributed by atoms with E-state index in [1.54, 1.807) is 6.92 Å². The Kier molecular flexibility index (Phi) is 2.52. The van der Waals surface area contributed by atoms with Crippen molar-refractivity contribution in [2.24, 2.45) is 0 Å². The maximum Gasteiger partial charge on any atom is 0.275 e. The second-order valence-corrected chi connectivity index (χ2v) is 4.86. The third-order valence-corrected chi connectivity index (χ3v) is 3.41. The summed E-state index contributed by atoms with van der Waals surface area (Å²) in [4.78, 5) is 16.6. The number of H-pyrrole nitrogens is 1. The number of rotatable bonds is 1. The van der Waals surface area contributed by atoms with Crippen LogP contribution in [0.3, 0.4) is 0 Å². The first kappa shape index (κ1) is 11.7. The summed E-state index contributed by atoms with van der Waals surface area (Å²) in [5, 5.41) is 3.12. The summed E-state index contributed by atoms with van der Waals surface area (Å²) in [7, 11) is 0. The monoisotopic (exact) mass is 253 g/mol. The van der Waals surface area contributed by atoms with Crippen LogP contribution in [0, 0.1) is 20.8 Å². The Labute approximate surface area is 110 Å². The number of nitrogens with zero attached hydrogens (tertiary/aromatic N) is 2. The van der Waals surface area contributed by atoms with Crippen LogP contribution in [-0.4, -0.2) is 14.6 Å². The molecule has 1 aromatic carbocycles. The third-order valence-electron chi connectivity index (χ3n) is 3.41. The highest BCUT2D eigenvalue weighted by Gasteiger charge is 2.09. The van der Waals surface area contributed by atoms with Gasteiger partial charge in [-0.15, -0.1) is 0 Å². The lowest BCUT2D eigenvalue weighted by atomic mass is 10.1. The molecule has 0 atom stereocenters. The number of nitrogens with one attached hydrogen (secondary N) is 1. The van der Waals surface area contributed by atoms with Gasteiger partial charge in [-0.1, -0.05) is 23.8 Å². The van der Waals surface area contributed by atoms with Crippen molar-refractivity contribution in [3.63, 3.8) is 0 Å². The quantitative estimate of drug-likeness (QED) is 0.724. The summed E-state index contributed by atoms with van der Waals surface area (Å²) >= 11 is 0. The molecule has 96 valence electrons. The van der Waals surface area contributed by atoms with E-state index >= 15 is 0 Å². The Morgan fingerprint density at radius 3 is 2.68 bits per heavy atom. The molecule has 2 heterocycles. The van der Waals surface area contributed by atoms with E-state index in [0.717, 1.165) is 17.0 Å². The normalized spacial score (nSPS) is 11.1. The molecule has 0 fully saturated rings. The number of aryl methyl sites for hydroxylation is 2. The van der Waals surface area contributed by atoms with Crippen LogP contribution in [0.25, 0.3) is 16.9 Å². The second kappa shape index (κ2) is 4.09. The Bertz CT molecular complexity index is 827. The first-order valence-corrected chi connectivity index (χ1v) is 6.22. The Hall–Kier alpha value is -2.36. The molecule has 19 heavy (non-hydrogen) atoms. The van der Waals surface area contributed by atoms with Gasteiger partial charge in [-0.3, -0.25) is 9.89 Å². The number of hydrogen-bond donors (Lipinski definition) is 1. The standard InChI is InChI=1S/C15H15N3O/c1-9-5-4-6-12(7-9)13-8-14-16-11(3)10(2)15(19)18(14)17-13/h4-8,17H,1-3H3. The van der Waals surface area contributed by atoms with Gasteiger partial charge in [-0.2, -0.15) is 0 Å². The van der Waals surface area contributed by atoms with Crippen LogP contribution in [0.15, 0.2) is 35.1 Å². The number of hydrogen-bond acceptors (Lipinski definition) is 2. The van der Waals surface area contributed by atoms with Crippen molar-refractivity contribution in [1.82, 2.24) is 14.6 Å². The maximum atomic E-state index is 12.2. The lowest BCUT2D eigenvalue weighted by Crippen LogP contribution is -2.19. The van der Waals surface area contributed by atoms with Gasteiger partial charge in [0.1, 0.15) is 0 Å². The summed E-state index contributed by atoms with van der Waals surface area (Å²) in [6.45, 7) is 5.70. The fraction of sp³-hybridized carbons (Fsp3) is 0.200. The Balaban J connectivity index is 2.28. The highest BCUT2D eigenvalue weighted by atomic mass is 16.1. The average Bonchev–Trinajstić information content (AvgIpc) is 2.80. The zero-order valence-electron chi connectivity index (χ0n) is 11.2. The molecule has 2 aromatic heterocycles. The van der Waals surface area contributed by atoms with E-state index in [-0.39, 0.29) is 5.56 Å². The van der Waals surface area contributed by atoms with Gasteiger partial charge in [0.05, 0.1) is 5.69 Å². The SMILES string of the molecule is Cc1cccc(-c2cc3nc(C)c(C)c(=O)n3[nH]2)c1. The average molecular weight is 253 g/mol. The largest absolute Gasteiger partial charge is 0.289 e. The molecule has 0 aliphatic heterocycles. The molecular formula is C15H15N3O. The van der Waals surface area contributed by atoms with Crippen LogP contribution in [-0.2, 0) is 0 Å². The predicted molar refractivity (Wildman–Crippen MR) is 75.5 cm³/mol. The van der Waals surface area contributed by atoms with Crippen molar-refractivity contribution in [3.8, 4) is 11.3 Å². The van der Waals surface area contributed by atoms with Crippen molar-refractivity contribution < 1.29 is 0 Å². The molecule has 0 radical (unpaired) electrons. The van der Waals surface area contributed by atoms with Crippen LogP contribution < -0.4 is 5.56 Å². The van der Waals surface area contributed by atoms with Gasteiger partial charge >= 0.3 is 0 Å². The van der Waals surface area contributed by atoms with Crippen LogP contribution in [0.2, 0.25) is 0 Å². The van der Waals surface area contributed by atoms with E-state index in [4.69, 9.17) is 0 Å². The zero-order valence-corrected chi connectivity index (χ0v) is 11.2. The molecule has 0 bridgehead atoms. The van der Waals surface area contributed by atoms with Crippen molar-refractivity contribution in [3.05, 3.63) is 57.5 Å². The van der Waals surface area contributed by atoms with Crippen LogP contribution in [0.5, 0.6) is 0 Å². The lowest BCUT2D eigenvalue weighted by Gasteiger charge is -1.99. The van der Waals surface area contributed by atoms with E-state index in [2.05, 4.69) is 16.1 Å². The number of aromatic nitrogens is 3. The van der Waals surface area contributed by atoms with Gasteiger partial charge in [-0.05, 0) is 32.4 Å². The van der Waals surface area contributed by atoms with E-state index in [9.17, 15) is 4.79 Å². The smallest absolute Gasteiger partial charge is 0.275 e. The number of fused-ring (bicyclic) bond motifs is 1. The van der Waals surface area contributed by atoms with E-state index < -0.39 is 0 Å². The Morgan fingerprint density at radius 2 is 1.95 bits per heavy atom. The molecular weight excluding hydrogens is 238 g/mol. The third kappa shape index (κ3) is 1.85. The molecule has 0 aliphatic carbocycles. The fourth-order valence-corrected chi connectivity index (χ4v) is 2.18. The van der Waals surface area contributed by atoms with Gasteiger partial charge in [0.2, 0.25) is 0 Å². The minimum atomic E-state index is -0.0404. The van der Waals surface area contributed by atoms with Gasteiger partial charge in [-0.25, -0.2) is 9.50 Å². The highest BCUT2D eigenvalue weighted by Crippen LogP contribution is 2.19. The molecule has 4 heteroatoms. The first-order valence-electron chi connectivity index (χ1n) is 6.22. The van der Waals surface area contributed by atoms with Crippen LogP contribution in [0.1, 0.15) is 16.8 Å². The van der Waals surface area contributed by atoms with Crippen molar-refractivity contribution in [2.75, 3.05) is 0 Å². The summed E-state index contributed by atoms with van der Waals surface area (Å²) < 4.78 is 1.50. The minimum Gasteiger partial charge on any atom is -0.289 e. The predicted octanol–water partition coefficient (Wildman–Crippen LogP) is 2.61. The fourth-order valence-electron chi connectivity index (χ4n) is 2.18. The zero-order chi connectivity index (χ0) is 13.6. The Morgan fingerprint density at radius 1 is 1.16 bits per heavy atom. The summed E-state index contributed by atoms with van der Waals surface area (Å²) in [5.41, 5.74) is 5.21. The summed E-state index contributed by atoms with van der Waals surface area (Å²) in [6.07, 6.45) is 0. The second-order valence-electron chi connectivity index (χ2n) is 4.86. The molecule has 1 N–H and O–H groups in total. The molecule has 0 saturated heterocycles. The highest BCUT2D eigenvalue weighted by molar-refractivity contribution is 5.64. The van der Waals surface area contributed by atoms with Crippen molar-refractivity contribution >= 4 is 5.65 Å². The molecule has 0 spiro atoms. The molecule has 0 amide bonds. The number of aromatic amines is 1. The van der Waals surface area contributed by atoms with E-state index in [1.807, 2.05) is 38.1 Å². The number of benzene rings is 1. The molecule has 0 unspecified atom stereocenters. The molecule has 0 saturated carbocycles. The van der Waals surface area contributed by atoms with Gasteiger partial charge in [0.15, 0.2) is 5.65 Å². The van der Waals surface area contributed by atoms with Gasteiger partial charge in [0, 0.05) is 17.3 Å². The lowest BCUT2D eigenvalue weighted by molar-refractivity contribution is 0.876. The van der Waals surface area contributed by atoms with Crippen molar-refractivity contribution in [1.29, 1.82) is 0 Å². The first-order chi connectivity index (χ1) is 9.06. The maximum absolute atomic E-state index is 12.2. The molecule has 3 aromatic rings. The molecule has 4 nitrogen and oxygen atoms in total. The van der Waals surface area contributed by atoms with Gasteiger partial charge in [0.25, 0.3) is 5.56 Å². The topological polar surface area (TPSA) is 50.2 Å². The summed E-state index contributed by atoms with van der Waals surface area (Å²) in [6, 6.07) is 10.0. The summed E-state index contributed by atoms with van der Waals surface area (Å²) in [5.74, 6) is 0.